The lowest BCUT2D eigenvalue weighted by Gasteiger charge is -2.21. The Hall–Kier alpha value is -1.73. The highest BCUT2D eigenvalue weighted by Gasteiger charge is 2.24. The van der Waals surface area contributed by atoms with Crippen LogP contribution >= 0.6 is 15.9 Å². The van der Waals surface area contributed by atoms with Gasteiger partial charge in [0.2, 0.25) is 0 Å². The summed E-state index contributed by atoms with van der Waals surface area (Å²) in [5.74, 6) is 0.842. The molecule has 22 heavy (non-hydrogen) atoms. The molecule has 0 amide bonds. The second kappa shape index (κ2) is 6.58. The van der Waals surface area contributed by atoms with E-state index in [1.165, 1.54) is 37.7 Å². The van der Waals surface area contributed by atoms with E-state index in [-0.39, 0.29) is 4.90 Å². The Kier molecular flexibility index (Phi) is 4.97. The highest BCUT2D eigenvalue weighted by atomic mass is 79.9. The highest BCUT2D eigenvalue weighted by Crippen LogP contribution is 2.33. The molecule has 7 heteroatoms. The van der Waals surface area contributed by atoms with Crippen LogP contribution in [0.5, 0.6) is 11.5 Å². The van der Waals surface area contributed by atoms with E-state index < -0.39 is 10.0 Å². The molecule has 0 heterocycles. The molecule has 0 aliphatic heterocycles. The molecule has 0 bridgehead atoms. The lowest BCUT2D eigenvalue weighted by molar-refractivity contribution is 0.354. The van der Waals surface area contributed by atoms with E-state index in [9.17, 15) is 8.42 Å². The molecule has 0 spiro atoms. The third-order valence-electron chi connectivity index (χ3n) is 3.21. The van der Waals surface area contributed by atoms with E-state index in [1.807, 2.05) is 6.07 Å². The fourth-order valence-electron chi connectivity index (χ4n) is 1.97. The molecular formula is C15H16BrNO4S. The van der Waals surface area contributed by atoms with Gasteiger partial charge in [0.25, 0.3) is 10.0 Å². The van der Waals surface area contributed by atoms with E-state index >= 15 is 0 Å². The highest BCUT2D eigenvalue weighted by molar-refractivity contribution is 9.10. The van der Waals surface area contributed by atoms with Crippen LogP contribution in [0.15, 0.2) is 51.8 Å². The number of anilines is 1. The number of sulfonamides is 1. The third-order valence-corrected chi connectivity index (χ3v) is 5.64. The van der Waals surface area contributed by atoms with Crippen molar-refractivity contribution in [2.75, 3.05) is 25.6 Å². The van der Waals surface area contributed by atoms with Gasteiger partial charge in [0.1, 0.15) is 0 Å². The van der Waals surface area contributed by atoms with E-state index in [2.05, 4.69) is 15.9 Å². The second-order valence-corrected chi connectivity index (χ2v) is 7.26. The van der Waals surface area contributed by atoms with Crippen LogP contribution in [0.1, 0.15) is 0 Å². The zero-order valence-corrected chi connectivity index (χ0v) is 14.8. The van der Waals surface area contributed by atoms with Gasteiger partial charge in [-0.3, -0.25) is 4.31 Å². The molecule has 5 nitrogen and oxygen atoms in total. The minimum atomic E-state index is -3.70. The summed E-state index contributed by atoms with van der Waals surface area (Å²) < 4.78 is 37.7. The van der Waals surface area contributed by atoms with Gasteiger partial charge in [0, 0.05) is 17.6 Å². The molecule has 0 N–H and O–H groups in total. The Morgan fingerprint density at radius 2 is 1.64 bits per heavy atom. The van der Waals surface area contributed by atoms with Crippen LogP contribution in [-0.4, -0.2) is 29.7 Å². The molecule has 2 rings (SSSR count). The van der Waals surface area contributed by atoms with Crippen molar-refractivity contribution in [1.82, 2.24) is 0 Å². The molecule has 0 radical (unpaired) electrons. The van der Waals surface area contributed by atoms with Crippen LogP contribution in [0.3, 0.4) is 0 Å². The molecule has 118 valence electrons. The molecule has 0 aliphatic carbocycles. The van der Waals surface area contributed by atoms with Gasteiger partial charge in [-0.2, -0.15) is 0 Å². The first-order chi connectivity index (χ1) is 10.4. The van der Waals surface area contributed by atoms with Gasteiger partial charge in [-0.1, -0.05) is 12.1 Å². The number of rotatable bonds is 5. The number of ether oxygens (including phenoxy) is 2. The van der Waals surface area contributed by atoms with E-state index in [0.717, 1.165) is 0 Å². The predicted molar refractivity (Wildman–Crippen MR) is 89.3 cm³/mol. The van der Waals surface area contributed by atoms with E-state index in [4.69, 9.17) is 9.47 Å². The lowest BCUT2D eigenvalue weighted by Crippen LogP contribution is -2.26. The summed E-state index contributed by atoms with van der Waals surface area (Å²) in [6, 6.07) is 11.6. The number of methoxy groups -OCH3 is 2. The number of hydrogen-bond acceptors (Lipinski definition) is 4. The summed E-state index contributed by atoms with van der Waals surface area (Å²) >= 11 is 3.36. The predicted octanol–water partition coefficient (Wildman–Crippen LogP) is 3.29. The molecule has 2 aromatic carbocycles. The Bertz CT molecular complexity index is 777. The molecule has 0 fully saturated rings. The summed E-state index contributed by atoms with van der Waals surface area (Å²) in [5, 5.41) is 0. The third kappa shape index (κ3) is 3.05. The maximum atomic E-state index is 12.8. The molecule has 0 saturated heterocycles. The summed E-state index contributed by atoms with van der Waals surface area (Å²) in [5.41, 5.74) is 0.553. The van der Waals surface area contributed by atoms with Crippen LogP contribution in [0.2, 0.25) is 0 Å². The molecular weight excluding hydrogens is 370 g/mol. The Morgan fingerprint density at radius 1 is 1.00 bits per heavy atom. The van der Waals surface area contributed by atoms with Gasteiger partial charge < -0.3 is 9.47 Å². The number of halogens is 1. The Morgan fingerprint density at radius 3 is 2.23 bits per heavy atom. The largest absolute Gasteiger partial charge is 0.493 e. The van der Waals surface area contributed by atoms with Crippen molar-refractivity contribution < 1.29 is 17.9 Å². The van der Waals surface area contributed by atoms with Gasteiger partial charge in [-0.15, -0.1) is 0 Å². The van der Waals surface area contributed by atoms with E-state index in [0.29, 0.717) is 21.7 Å². The molecule has 2 aromatic rings. The summed E-state index contributed by atoms with van der Waals surface area (Å²) in [6.45, 7) is 0. The van der Waals surface area contributed by atoms with Gasteiger partial charge in [-0.05, 0) is 40.2 Å². The fourth-order valence-corrected chi connectivity index (χ4v) is 3.87. The SMILES string of the molecule is COc1ccc(S(=O)(=O)N(C)c2ccccc2Br)cc1OC. The van der Waals surface area contributed by atoms with Crippen molar-refractivity contribution >= 4 is 31.6 Å². The van der Waals surface area contributed by atoms with Crippen LogP contribution in [0.25, 0.3) is 0 Å². The Balaban J connectivity index is 2.49. The first-order valence-corrected chi connectivity index (χ1v) is 8.60. The van der Waals surface area contributed by atoms with Gasteiger partial charge in [0.15, 0.2) is 11.5 Å². The van der Waals surface area contributed by atoms with Gasteiger partial charge >= 0.3 is 0 Å². The number of para-hydroxylation sites is 1. The van der Waals surface area contributed by atoms with Gasteiger partial charge in [0.05, 0.1) is 24.8 Å². The van der Waals surface area contributed by atoms with E-state index in [1.54, 1.807) is 24.3 Å². The van der Waals surface area contributed by atoms with Crippen LogP contribution in [0, 0.1) is 0 Å². The first-order valence-electron chi connectivity index (χ1n) is 6.37. The maximum Gasteiger partial charge on any atom is 0.264 e. The topological polar surface area (TPSA) is 55.8 Å². The average Bonchev–Trinajstić information content (AvgIpc) is 2.53. The van der Waals surface area contributed by atoms with Crippen molar-refractivity contribution in [2.24, 2.45) is 0 Å². The molecule has 0 atom stereocenters. The minimum Gasteiger partial charge on any atom is -0.493 e. The van der Waals surface area contributed by atoms with Crippen molar-refractivity contribution in [3.8, 4) is 11.5 Å². The Labute approximate surface area is 138 Å². The van der Waals surface area contributed by atoms with Crippen molar-refractivity contribution in [3.05, 3.63) is 46.9 Å². The van der Waals surface area contributed by atoms with Crippen molar-refractivity contribution in [2.45, 2.75) is 4.90 Å². The standard InChI is InChI=1S/C15H16BrNO4S/c1-17(13-7-5-4-6-12(13)16)22(18,19)11-8-9-14(20-2)15(10-11)21-3/h4-10H,1-3H3. The maximum absolute atomic E-state index is 12.8. The smallest absolute Gasteiger partial charge is 0.264 e. The number of benzene rings is 2. The van der Waals surface area contributed by atoms with Gasteiger partial charge in [-0.25, -0.2) is 8.42 Å². The number of nitrogens with zero attached hydrogens (tertiary/aromatic N) is 1. The first kappa shape index (κ1) is 16.6. The molecule has 0 saturated carbocycles. The zero-order valence-electron chi connectivity index (χ0n) is 12.4. The lowest BCUT2D eigenvalue weighted by atomic mass is 10.3. The fraction of sp³-hybridized carbons (Fsp3) is 0.200. The van der Waals surface area contributed by atoms with Crippen LogP contribution in [-0.2, 0) is 10.0 Å². The normalized spacial score (nSPS) is 11.1. The second-order valence-electron chi connectivity index (χ2n) is 4.44. The van der Waals surface area contributed by atoms with Crippen LogP contribution < -0.4 is 13.8 Å². The molecule has 0 aliphatic rings. The summed E-state index contributed by atoms with van der Waals surface area (Å²) in [7, 11) is 0.765. The average molecular weight is 386 g/mol. The van der Waals surface area contributed by atoms with Crippen LogP contribution in [0.4, 0.5) is 5.69 Å². The molecule has 0 unspecified atom stereocenters. The number of hydrogen-bond donors (Lipinski definition) is 0. The summed E-state index contributed by atoms with van der Waals surface area (Å²) in [6.07, 6.45) is 0. The zero-order chi connectivity index (χ0) is 16.3. The van der Waals surface area contributed by atoms with Crippen molar-refractivity contribution in [1.29, 1.82) is 0 Å². The van der Waals surface area contributed by atoms with Crippen molar-refractivity contribution in [3.63, 3.8) is 0 Å². The quantitative estimate of drug-likeness (QED) is 0.792. The minimum absolute atomic E-state index is 0.128. The summed E-state index contributed by atoms with van der Waals surface area (Å²) in [4.78, 5) is 0.128. The molecule has 0 aromatic heterocycles. The monoisotopic (exact) mass is 385 g/mol.